The molecule has 0 radical (unpaired) electrons. The minimum absolute atomic E-state index is 0.0582. The van der Waals surface area contributed by atoms with E-state index in [1.54, 1.807) is 0 Å². The van der Waals surface area contributed by atoms with Crippen LogP contribution in [0.5, 0.6) is 0 Å². The molecule has 1 aliphatic rings. The van der Waals surface area contributed by atoms with E-state index in [2.05, 4.69) is 22.2 Å². The highest BCUT2D eigenvalue weighted by molar-refractivity contribution is 5.98. The largest absolute Gasteiger partial charge is 0.352 e. The van der Waals surface area contributed by atoms with E-state index < -0.39 is 0 Å². The van der Waals surface area contributed by atoms with Crippen molar-refractivity contribution in [1.29, 1.82) is 0 Å². The van der Waals surface area contributed by atoms with Crippen molar-refractivity contribution in [1.82, 2.24) is 20.0 Å². The monoisotopic (exact) mass is 475 g/mol. The van der Waals surface area contributed by atoms with Crippen LogP contribution in [0.4, 0.5) is 5.82 Å². The Kier molecular flexibility index (Phi) is 5.87. The molecule has 0 aliphatic carbocycles. The summed E-state index contributed by atoms with van der Waals surface area (Å²) in [7, 11) is 0. The summed E-state index contributed by atoms with van der Waals surface area (Å²) < 4.78 is 5.74. The zero-order valence-corrected chi connectivity index (χ0v) is 19.7. The number of anilines is 1. The van der Waals surface area contributed by atoms with Crippen LogP contribution in [-0.2, 0) is 6.42 Å². The summed E-state index contributed by atoms with van der Waals surface area (Å²) in [6.07, 6.45) is 0.595. The first kappa shape index (κ1) is 22.0. The third-order valence-corrected chi connectivity index (χ3v) is 6.50. The van der Waals surface area contributed by atoms with Crippen molar-refractivity contribution in [2.24, 2.45) is 0 Å². The Labute approximate surface area is 209 Å². The minimum Gasteiger partial charge on any atom is -0.352 e. The Morgan fingerprint density at radius 2 is 1.42 bits per heavy atom. The van der Waals surface area contributed by atoms with Crippen molar-refractivity contribution in [2.75, 3.05) is 31.1 Å². The summed E-state index contributed by atoms with van der Waals surface area (Å²) >= 11 is 0. The maximum absolute atomic E-state index is 13.0. The van der Waals surface area contributed by atoms with Gasteiger partial charge in [-0.3, -0.25) is 4.79 Å². The Morgan fingerprint density at radius 3 is 2.11 bits per heavy atom. The Morgan fingerprint density at radius 1 is 0.778 bits per heavy atom. The molecule has 3 aromatic carbocycles. The Balaban J connectivity index is 1.35. The van der Waals surface area contributed by atoms with E-state index >= 15 is 0 Å². The number of aromatic nitrogens is 3. The van der Waals surface area contributed by atoms with Crippen molar-refractivity contribution in [3.05, 3.63) is 108 Å². The fourth-order valence-electron chi connectivity index (χ4n) is 4.64. The first-order valence-electron chi connectivity index (χ1n) is 12.1. The molecule has 2 aromatic heterocycles. The van der Waals surface area contributed by atoms with Crippen molar-refractivity contribution >= 4 is 22.8 Å². The number of hydrogen-bond donors (Lipinski definition) is 0. The molecule has 36 heavy (non-hydrogen) atoms. The van der Waals surface area contributed by atoms with Crippen LogP contribution in [0.3, 0.4) is 0 Å². The molecule has 0 unspecified atom stereocenters. The zero-order valence-electron chi connectivity index (χ0n) is 19.7. The standard InChI is InChI=1S/C29H25N5O2/c35-29(23-14-8-3-9-15-23)34-18-16-33(17-19-34)27-25-26(22-12-6-2-7-13-22)32-36-28(25)31-24(30-27)20-21-10-4-1-5-11-21/h1-15H,16-20H2. The minimum atomic E-state index is 0.0582. The second-order valence-electron chi connectivity index (χ2n) is 8.85. The zero-order chi connectivity index (χ0) is 24.3. The molecule has 0 N–H and O–H groups in total. The van der Waals surface area contributed by atoms with E-state index in [0.29, 0.717) is 49.7 Å². The maximum atomic E-state index is 13.0. The summed E-state index contributed by atoms with van der Waals surface area (Å²) in [4.78, 5) is 26.8. The molecule has 5 aromatic rings. The molecule has 1 saturated heterocycles. The Hall–Kier alpha value is -4.52. The number of rotatable bonds is 5. The molecule has 178 valence electrons. The number of fused-ring (bicyclic) bond motifs is 1. The van der Waals surface area contributed by atoms with Crippen LogP contribution in [0.2, 0.25) is 0 Å². The number of carbonyl (C=O) groups is 1. The fraction of sp³-hybridized carbons (Fsp3) is 0.172. The van der Waals surface area contributed by atoms with Crippen molar-refractivity contribution in [2.45, 2.75) is 6.42 Å². The van der Waals surface area contributed by atoms with Gasteiger partial charge >= 0.3 is 0 Å². The number of hydrogen-bond acceptors (Lipinski definition) is 6. The van der Waals surface area contributed by atoms with Crippen molar-refractivity contribution < 1.29 is 9.32 Å². The Bertz CT molecular complexity index is 1480. The van der Waals surface area contributed by atoms with E-state index in [1.165, 1.54) is 0 Å². The van der Waals surface area contributed by atoms with Gasteiger partial charge in [-0.25, -0.2) is 4.98 Å². The predicted octanol–water partition coefficient (Wildman–Crippen LogP) is 4.84. The highest BCUT2D eigenvalue weighted by atomic mass is 16.5. The second-order valence-corrected chi connectivity index (χ2v) is 8.85. The third-order valence-electron chi connectivity index (χ3n) is 6.50. The van der Waals surface area contributed by atoms with Gasteiger partial charge in [-0.1, -0.05) is 84.0 Å². The average molecular weight is 476 g/mol. The van der Waals surface area contributed by atoms with E-state index in [0.717, 1.165) is 28.0 Å². The van der Waals surface area contributed by atoms with Crippen LogP contribution < -0.4 is 4.90 Å². The van der Waals surface area contributed by atoms with Gasteiger partial charge in [0, 0.05) is 43.7 Å². The van der Waals surface area contributed by atoms with Crippen LogP contribution in [-0.4, -0.2) is 52.1 Å². The summed E-state index contributed by atoms with van der Waals surface area (Å²) in [5, 5.41) is 5.19. The normalized spacial score (nSPS) is 13.8. The fourth-order valence-corrected chi connectivity index (χ4v) is 4.64. The highest BCUT2D eigenvalue weighted by Gasteiger charge is 2.27. The van der Waals surface area contributed by atoms with E-state index in [-0.39, 0.29) is 5.91 Å². The predicted molar refractivity (Wildman–Crippen MR) is 139 cm³/mol. The molecule has 7 nitrogen and oxygen atoms in total. The lowest BCUT2D eigenvalue weighted by molar-refractivity contribution is 0.0746. The number of piperazine rings is 1. The molecule has 6 rings (SSSR count). The van der Waals surface area contributed by atoms with Crippen LogP contribution in [0, 0.1) is 0 Å². The van der Waals surface area contributed by atoms with Gasteiger partial charge in [0.1, 0.15) is 22.7 Å². The van der Waals surface area contributed by atoms with Gasteiger partial charge in [-0.2, -0.15) is 4.98 Å². The maximum Gasteiger partial charge on any atom is 0.263 e. The summed E-state index contributed by atoms with van der Waals surface area (Å²) in [5.74, 6) is 1.54. The lowest BCUT2D eigenvalue weighted by Crippen LogP contribution is -2.49. The van der Waals surface area contributed by atoms with Crippen LogP contribution in [0.1, 0.15) is 21.7 Å². The molecular formula is C29H25N5O2. The van der Waals surface area contributed by atoms with Gasteiger partial charge in [-0.15, -0.1) is 0 Å². The topological polar surface area (TPSA) is 75.4 Å². The number of benzene rings is 3. The molecule has 7 heteroatoms. The lowest BCUT2D eigenvalue weighted by Gasteiger charge is -2.35. The van der Waals surface area contributed by atoms with Gasteiger partial charge in [0.2, 0.25) is 0 Å². The molecule has 0 spiro atoms. The molecular weight excluding hydrogens is 450 g/mol. The van der Waals surface area contributed by atoms with E-state index in [9.17, 15) is 4.79 Å². The smallest absolute Gasteiger partial charge is 0.263 e. The van der Waals surface area contributed by atoms with Gasteiger partial charge in [0.05, 0.1) is 0 Å². The van der Waals surface area contributed by atoms with E-state index in [1.807, 2.05) is 83.8 Å². The van der Waals surface area contributed by atoms with Crippen molar-refractivity contribution in [3.8, 4) is 11.3 Å². The quantitative estimate of drug-likeness (QED) is 0.362. The number of nitrogens with zero attached hydrogens (tertiary/aromatic N) is 5. The van der Waals surface area contributed by atoms with Gasteiger partial charge in [0.15, 0.2) is 0 Å². The van der Waals surface area contributed by atoms with E-state index in [4.69, 9.17) is 14.5 Å². The lowest BCUT2D eigenvalue weighted by atomic mass is 10.1. The number of amides is 1. The first-order chi connectivity index (χ1) is 17.8. The molecule has 1 amide bonds. The van der Waals surface area contributed by atoms with Gasteiger partial charge < -0.3 is 14.3 Å². The average Bonchev–Trinajstić information content (AvgIpc) is 3.38. The molecule has 0 saturated carbocycles. The third kappa shape index (κ3) is 4.31. The van der Waals surface area contributed by atoms with Crippen LogP contribution >= 0.6 is 0 Å². The first-order valence-corrected chi connectivity index (χ1v) is 12.1. The van der Waals surface area contributed by atoms with Crippen molar-refractivity contribution in [3.63, 3.8) is 0 Å². The summed E-state index contributed by atoms with van der Waals surface area (Å²) in [5.41, 5.74) is 4.01. The van der Waals surface area contributed by atoms with Crippen LogP contribution in [0.15, 0.2) is 95.5 Å². The van der Waals surface area contributed by atoms with Crippen LogP contribution in [0.25, 0.3) is 22.4 Å². The second kappa shape index (κ2) is 9.62. The SMILES string of the molecule is O=C(c1ccccc1)N1CCN(c2nc(Cc3ccccc3)nc3onc(-c4ccccc4)c23)CC1. The molecule has 3 heterocycles. The molecule has 0 atom stereocenters. The highest BCUT2D eigenvalue weighted by Crippen LogP contribution is 2.34. The molecule has 0 bridgehead atoms. The molecule has 1 aliphatic heterocycles. The van der Waals surface area contributed by atoms with Gasteiger partial charge in [-0.05, 0) is 17.7 Å². The summed E-state index contributed by atoms with van der Waals surface area (Å²) in [6.45, 7) is 2.54. The summed E-state index contributed by atoms with van der Waals surface area (Å²) in [6, 6.07) is 29.6. The molecule has 1 fully saturated rings. The van der Waals surface area contributed by atoms with Gasteiger partial charge in [0.25, 0.3) is 11.6 Å². The number of carbonyl (C=O) groups excluding carboxylic acids is 1.